The third kappa shape index (κ3) is 4.25. The van der Waals surface area contributed by atoms with Crippen LogP contribution in [0, 0.1) is 11.2 Å². The van der Waals surface area contributed by atoms with Crippen molar-refractivity contribution < 1.29 is 27.2 Å². The first kappa shape index (κ1) is 24.3. The van der Waals surface area contributed by atoms with Gasteiger partial charge < -0.3 is 15.5 Å². The average Bonchev–Trinajstić information content (AvgIpc) is 3.21. The SMILES string of the molecule is C[C@H](Nc1nc(C(=O)N2CC(NC(=O)C3(C(F)(F)F)CCC3)C2)c2sccc2n1)c1cncc(F)c1. The van der Waals surface area contributed by atoms with E-state index in [1.807, 2.05) is 0 Å². The van der Waals surface area contributed by atoms with Crippen molar-refractivity contribution in [3.8, 4) is 0 Å². The minimum atomic E-state index is -4.59. The first-order valence-corrected chi connectivity index (χ1v) is 12.2. The number of nitrogens with one attached hydrogen (secondary N) is 2. The molecule has 3 aromatic heterocycles. The first-order valence-electron chi connectivity index (χ1n) is 11.4. The van der Waals surface area contributed by atoms with Crippen molar-refractivity contribution in [2.24, 2.45) is 5.41 Å². The zero-order chi connectivity index (χ0) is 25.7. The number of fused-ring (bicyclic) bond motifs is 1. The predicted molar refractivity (Wildman–Crippen MR) is 124 cm³/mol. The summed E-state index contributed by atoms with van der Waals surface area (Å²) in [5, 5.41) is 7.29. The number of rotatable bonds is 6. The first-order chi connectivity index (χ1) is 17.1. The zero-order valence-electron chi connectivity index (χ0n) is 19.1. The molecule has 0 bridgehead atoms. The van der Waals surface area contributed by atoms with Gasteiger partial charge in [-0.1, -0.05) is 6.42 Å². The van der Waals surface area contributed by atoms with Crippen molar-refractivity contribution in [1.82, 2.24) is 25.2 Å². The van der Waals surface area contributed by atoms with Crippen LogP contribution in [-0.2, 0) is 4.79 Å². The molecule has 2 amide bonds. The third-order valence-electron chi connectivity index (χ3n) is 6.77. The number of carbonyl (C=O) groups is 2. The summed E-state index contributed by atoms with van der Waals surface area (Å²) < 4.78 is 54.4. The summed E-state index contributed by atoms with van der Waals surface area (Å²) in [7, 11) is 0. The van der Waals surface area contributed by atoms with Crippen LogP contribution in [0.4, 0.5) is 23.5 Å². The highest BCUT2D eigenvalue weighted by Gasteiger charge is 2.63. The summed E-state index contributed by atoms with van der Waals surface area (Å²) in [4.78, 5) is 39.7. The number of nitrogens with zero attached hydrogens (tertiary/aromatic N) is 4. The van der Waals surface area contributed by atoms with Gasteiger partial charge in [0.05, 0.1) is 28.5 Å². The molecule has 36 heavy (non-hydrogen) atoms. The van der Waals surface area contributed by atoms with Crippen LogP contribution in [-0.4, -0.2) is 57.0 Å². The monoisotopic (exact) mass is 522 g/mol. The van der Waals surface area contributed by atoms with E-state index in [0.717, 1.165) is 6.20 Å². The number of alkyl halides is 3. The minimum absolute atomic E-state index is 0.0868. The molecule has 2 N–H and O–H groups in total. The number of amides is 2. The van der Waals surface area contributed by atoms with Crippen molar-refractivity contribution in [1.29, 1.82) is 0 Å². The molecular formula is C23H22F4N6O2S. The van der Waals surface area contributed by atoms with E-state index in [-0.39, 0.29) is 37.6 Å². The Morgan fingerprint density at radius 2 is 1.97 bits per heavy atom. The van der Waals surface area contributed by atoms with Crippen molar-refractivity contribution in [2.45, 2.75) is 44.4 Å². The van der Waals surface area contributed by atoms with Crippen molar-refractivity contribution >= 4 is 39.3 Å². The van der Waals surface area contributed by atoms with E-state index in [1.165, 1.54) is 28.5 Å². The molecule has 0 radical (unpaired) electrons. The second-order valence-corrected chi connectivity index (χ2v) is 10.1. The summed E-state index contributed by atoms with van der Waals surface area (Å²) in [6.07, 6.45) is -2.06. The van der Waals surface area contributed by atoms with Crippen molar-refractivity contribution in [3.05, 3.63) is 47.0 Å². The summed E-state index contributed by atoms with van der Waals surface area (Å²) in [5.74, 6) is -1.74. The van der Waals surface area contributed by atoms with E-state index in [2.05, 4.69) is 25.6 Å². The maximum absolute atomic E-state index is 13.5. The van der Waals surface area contributed by atoms with Crippen LogP contribution in [0.5, 0.6) is 0 Å². The van der Waals surface area contributed by atoms with Crippen molar-refractivity contribution in [3.63, 3.8) is 0 Å². The molecule has 1 aliphatic carbocycles. The Kier molecular flexibility index (Phi) is 6.05. The van der Waals surface area contributed by atoms with Gasteiger partial charge >= 0.3 is 6.18 Å². The third-order valence-corrected chi connectivity index (χ3v) is 7.68. The normalized spacial score (nSPS) is 18.3. The highest BCUT2D eigenvalue weighted by atomic mass is 32.1. The van der Waals surface area contributed by atoms with Gasteiger partial charge in [0.2, 0.25) is 11.9 Å². The van der Waals surface area contributed by atoms with Gasteiger partial charge in [-0.25, -0.2) is 14.4 Å². The Morgan fingerprint density at radius 1 is 1.22 bits per heavy atom. The standard InChI is InChI=1S/C23H22F4N6O2S/c1-12(13-7-14(24)9-28-8-13)29-21-31-16-3-6-36-18(16)17(32-21)19(34)33-10-15(11-33)30-20(35)22(4-2-5-22)23(25,26)27/h3,6-9,12,15H,2,4-5,10-11H2,1H3,(H,30,35)(H,29,31,32)/t12-/m0/s1. The Labute approximate surface area is 207 Å². The van der Waals surface area contributed by atoms with Gasteiger partial charge in [-0.05, 0) is 42.8 Å². The molecule has 0 aromatic carbocycles. The highest BCUT2D eigenvalue weighted by molar-refractivity contribution is 7.17. The van der Waals surface area contributed by atoms with Crippen molar-refractivity contribution in [2.75, 3.05) is 18.4 Å². The maximum Gasteiger partial charge on any atom is 0.403 e. The fraction of sp³-hybridized carbons (Fsp3) is 0.435. The predicted octanol–water partition coefficient (Wildman–Crippen LogP) is 4.07. The minimum Gasteiger partial charge on any atom is -0.349 e. The van der Waals surface area contributed by atoms with Gasteiger partial charge in [0.1, 0.15) is 11.2 Å². The van der Waals surface area contributed by atoms with E-state index in [1.54, 1.807) is 18.4 Å². The molecule has 1 saturated heterocycles. The molecule has 3 aromatic rings. The van der Waals surface area contributed by atoms with Gasteiger partial charge in [-0.3, -0.25) is 14.6 Å². The molecule has 2 fully saturated rings. The van der Waals surface area contributed by atoms with E-state index in [4.69, 9.17) is 0 Å². The molecule has 0 unspecified atom stereocenters. The maximum atomic E-state index is 13.5. The number of carbonyl (C=O) groups excluding carboxylic acids is 2. The summed E-state index contributed by atoms with van der Waals surface area (Å²) >= 11 is 1.29. The molecule has 1 atom stereocenters. The number of anilines is 1. The van der Waals surface area contributed by atoms with Gasteiger partial charge in [0, 0.05) is 19.3 Å². The Hall–Kier alpha value is -3.35. The molecule has 1 aliphatic heterocycles. The van der Waals surface area contributed by atoms with Crippen LogP contribution in [0.15, 0.2) is 29.9 Å². The largest absolute Gasteiger partial charge is 0.403 e. The van der Waals surface area contributed by atoms with Crippen LogP contribution in [0.2, 0.25) is 0 Å². The molecule has 13 heteroatoms. The molecule has 2 aliphatic rings. The quantitative estimate of drug-likeness (QED) is 0.474. The van der Waals surface area contributed by atoms with E-state index < -0.39 is 41.3 Å². The Morgan fingerprint density at radius 3 is 2.61 bits per heavy atom. The number of hydrogen-bond acceptors (Lipinski definition) is 7. The summed E-state index contributed by atoms with van der Waals surface area (Å²) in [5.41, 5.74) is -1.05. The summed E-state index contributed by atoms with van der Waals surface area (Å²) in [6.45, 7) is 1.95. The lowest BCUT2D eigenvalue weighted by atomic mass is 9.67. The van der Waals surface area contributed by atoms with Crippen LogP contribution < -0.4 is 10.6 Å². The smallest absolute Gasteiger partial charge is 0.349 e. The number of likely N-dealkylation sites (tertiary alicyclic amines) is 1. The van der Waals surface area contributed by atoms with Gasteiger partial charge in [-0.15, -0.1) is 11.3 Å². The van der Waals surface area contributed by atoms with Crippen LogP contribution in [0.3, 0.4) is 0 Å². The molecule has 5 rings (SSSR count). The topological polar surface area (TPSA) is 100 Å². The number of hydrogen-bond donors (Lipinski definition) is 2. The second-order valence-electron chi connectivity index (χ2n) is 9.15. The molecule has 190 valence electrons. The van der Waals surface area contributed by atoms with Gasteiger partial charge in [0.25, 0.3) is 5.91 Å². The Bertz CT molecular complexity index is 1320. The van der Waals surface area contributed by atoms with Gasteiger partial charge in [-0.2, -0.15) is 13.2 Å². The van der Waals surface area contributed by atoms with Crippen LogP contribution >= 0.6 is 11.3 Å². The number of halogens is 4. The second kappa shape index (κ2) is 8.95. The lowest BCUT2D eigenvalue weighted by molar-refractivity contribution is -0.243. The lowest BCUT2D eigenvalue weighted by Gasteiger charge is -2.45. The molecule has 1 saturated carbocycles. The molecular weight excluding hydrogens is 500 g/mol. The highest BCUT2D eigenvalue weighted by Crippen LogP contribution is 2.53. The fourth-order valence-corrected chi connectivity index (χ4v) is 5.21. The van der Waals surface area contributed by atoms with Crippen LogP contribution in [0.25, 0.3) is 10.2 Å². The van der Waals surface area contributed by atoms with E-state index in [9.17, 15) is 27.2 Å². The number of pyridine rings is 1. The zero-order valence-corrected chi connectivity index (χ0v) is 19.9. The Balaban J connectivity index is 1.28. The molecule has 8 nitrogen and oxygen atoms in total. The van der Waals surface area contributed by atoms with E-state index >= 15 is 0 Å². The fourth-order valence-electron chi connectivity index (χ4n) is 4.39. The lowest BCUT2D eigenvalue weighted by Crippen LogP contribution is -2.65. The molecule has 0 spiro atoms. The number of aromatic nitrogens is 3. The van der Waals surface area contributed by atoms with Crippen LogP contribution in [0.1, 0.15) is 48.3 Å². The molecule has 4 heterocycles. The van der Waals surface area contributed by atoms with E-state index in [0.29, 0.717) is 22.2 Å². The average molecular weight is 523 g/mol. The summed E-state index contributed by atoms with van der Waals surface area (Å²) in [6, 6.07) is 2.12. The number of thiophene rings is 1. The van der Waals surface area contributed by atoms with Gasteiger partial charge in [0.15, 0.2) is 5.69 Å².